The van der Waals surface area contributed by atoms with Gasteiger partial charge in [-0.2, -0.15) is 10.4 Å². The fourth-order valence-electron chi connectivity index (χ4n) is 3.96. The van der Waals surface area contributed by atoms with Gasteiger partial charge in [0.1, 0.15) is 11.2 Å². The standard InChI is InChI=1S/C23H25N5O3/c1-23(2,3)31-22(30)27-9-7-16(8-10-27)19-12-20(29)26-21-18(14-25-28(19)21)17-6-4-5-15(11-17)13-24/h4-6,11-12,14,16H,7-10H2,1-3H3,(H,26,29). The van der Waals surface area contributed by atoms with Gasteiger partial charge in [-0.1, -0.05) is 12.1 Å². The molecule has 0 aliphatic carbocycles. The van der Waals surface area contributed by atoms with Gasteiger partial charge in [0, 0.05) is 30.6 Å². The molecule has 2 aromatic heterocycles. The second-order valence-electron chi connectivity index (χ2n) is 8.81. The molecule has 0 saturated carbocycles. The van der Waals surface area contributed by atoms with E-state index < -0.39 is 5.60 Å². The first-order valence-corrected chi connectivity index (χ1v) is 10.3. The lowest BCUT2D eigenvalue weighted by atomic mass is 9.93. The number of aromatic nitrogens is 3. The molecule has 0 radical (unpaired) electrons. The topological polar surface area (TPSA) is 103 Å². The van der Waals surface area contributed by atoms with Crippen LogP contribution in [-0.4, -0.2) is 44.3 Å². The number of hydrogen-bond donors (Lipinski definition) is 1. The summed E-state index contributed by atoms with van der Waals surface area (Å²) in [7, 11) is 0. The zero-order valence-corrected chi connectivity index (χ0v) is 17.9. The highest BCUT2D eigenvalue weighted by molar-refractivity contribution is 5.77. The largest absolute Gasteiger partial charge is 0.444 e. The van der Waals surface area contributed by atoms with Gasteiger partial charge in [-0.3, -0.25) is 4.79 Å². The Balaban J connectivity index is 1.61. The Morgan fingerprint density at radius 2 is 2.00 bits per heavy atom. The third-order valence-electron chi connectivity index (χ3n) is 5.40. The number of rotatable bonds is 2. The van der Waals surface area contributed by atoms with Crippen LogP contribution in [-0.2, 0) is 4.74 Å². The van der Waals surface area contributed by atoms with Crippen molar-refractivity contribution in [1.82, 2.24) is 19.5 Å². The number of H-pyrrole nitrogens is 1. The van der Waals surface area contributed by atoms with Crippen LogP contribution in [0.4, 0.5) is 4.79 Å². The molecule has 1 N–H and O–H groups in total. The van der Waals surface area contributed by atoms with Gasteiger partial charge in [0.15, 0.2) is 0 Å². The van der Waals surface area contributed by atoms with Crippen molar-refractivity contribution >= 4 is 11.7 Å². The lowest BCUT2D eigenvalue weighted by molar-refractivity contribution is 0.0203. The SMILES string of the molecule is CC(C)(C)OC(=O)N1CCC(c2cc(=O)[nH]c3c(-c4cccc(C#N)c4)cnn23)CC1. The number of piperidine rings is 1. The molecule has 1 aromatic carbocycles. The summed E-state index contributed by atoms with van der Waals surface area (Å²) in [5, 5.41) is 13.7. The number of benzene rings is 1. The summed E-state index contributed by atoms with van der Waals surface area (Å²) in [5.41, 5.74) is 2.84. The van der Waals surface area contributed by atoms with Gasteiger partial charge in [-0.15, -0.1) is 0 Å². The summed E-state index contributed by atoms with van der Waals surface area (Å²) in [6, 6.07) is 10.9. The summed E-state index contributed by atoms with van der Waals surface area (Å²) >= 11 is 0. The van der Waals surface area contributed by atoms with Gasteiger partial charge < -0.3 is 14.6 Å². The highest BCUT2D eigenvalue weighted by Gasteiger charge is 2.29. The van der Waals surface area contributed by atoms with E-state index in [0.717, 1.165) is 29.7 Å². The summed E-state index contributed by atoms with van der Waals surface area (Å²) in [6.07, 6.45) is 2.84. The van der Waals surface area contributed by atoms with Gasteiger partial charge in [-0.25, -0.2) is 9.31 Å². The van der Waals surface area contributed by atoms with Crippen LogP contribution in [0.25, 0.3) is 16.8 Å². The average molecular weight is 419 g/mol. The van der Waals surface area contributed by atoms with Crippen LogP contribution >= 0.6 is 0 Å². The van der Waals surface area contributed by atoms with Crippen molar-refractivity contribution in [2.45, 2.75) is 45.1 Å². The van der Waals surface area contributed by atoms with E-state index in [9.17, 15) is 14.9 Å². The number of nitriles is 1. The van der Waals surface area contributed by atoms with Gasteiger partial charge in [0.25, 0.3) is 5.56 Å². The molecule has 1 aliphatic heterocycles. The number of aromatic amines is 1. The monoisotopic (exact) mass is 419 g/mol. The minimum Gasteiger partial charge on any atom is -0.444 e. The number of nitrogens with one attached hydrogen (secondary N) is 1. The van der Waals surface area contributed by atoms with Crippen molar-refractivity contribution in [3.8, 4) is 17.2 Å². The molecule has 1 amide bonds. The number of carbonyl (C=O) groups excluding carboxylic acids is 1. The van der Waals surface area contributed by atoms with Gasteiger partial charge >= 0.3 is 6.09 Å². The lowest BCUT2D eigenvalue weighted by Gasteiger charge is -2.33. The van der Waals surface area contributed by atoms with E-state index in [4.69, 9.17) is 4.74 Å². The molecule has 1 saturated heterocycles. The molecule has 0 spiro atoms. The van der Waals surface area contributed by atoms with Crippen molar-refractivity contribution in [3.05, 3.63) is 58.1 Å². The Morgan fingerprint density at radius 1 is 1.26 bits per heavy atom. The number of fused-ring (bicyclic) bond motifs is 1. The van der Waals surface area contributed by atoms with E-state index in [2.05, 4.69) is 16.2 Å². The molecule has 160 valence electrons. The molecule has 4 rings (SSSR count). The molecular weight excluding hydrogens is 394 g/mol. The number of ether oxygens (including phenoxy) is 1. The number of likely N-dealkylation sites (tertiary alicyclic amines) is 1. The van der Waals surface area contributed by atoms with Crippen LogP contribution < -0.4 is 5.56 Å². The third kappa shape index (κ3) is 4.31. The van der Waals surface area contributed by atoms with Gasteiger partial charge in [0.2, 0.25) is 0 Å². The van der Waals surface area contributed by atoms with E-state index in [1.165, 1.54) is 0 Å². The Hall–Kier alpha value is -3.60. The number of amides is 1. The molecule has 8 heteroatoms. The molecule has 1 fully saturated rings. The summed E-state index contributed by atoms with van der Waals surface area (Å²) in [4.78, 5) is 29.4. The zero-order valence-electron chi connectivity index (χ0n) is 17.9. The van der Waals surface area contributed by atoms with Crippen molar-refractivity contribution in [1.29, 1.82) is 5.26 Å². The summed E-state index contributed by atoms with van der Waals surface area (Å²) in [5.74, 6) is 0.0988. The van der Waals surface area contributed by atoms with Crippen molar-refractivity contribution in [3.63, 3.8) is 0 Å². The number of carbonyl (C=O) groups is 1. The van der Waals surface area contributed by atoms with Crippen molar-refractivity contribution < 1.29 is 9.53 Å². The smallest absolute Gasteiger partial charge is 0.410 e. The average Bonchev–Trinajstić information content (AvgIpc) is 3.16. The molecular formula is C23H25N5O3. The van der Waals surface area contributed by atoms with E-state index in [-0.39, 0.29) is 17.6 Å². The highest BCUT2D eigenvalue weighted by Crippen LogP contribution is 2.30. The second-order valence-corrected chi connectivity index (χ2v) is 8.81. The minimum absolute atomic E-state index is 0.0988. The van der Waals surface area contributed by atoms with Crippen LogP contribution in [0.2, 0.25) is 0 Å². The molecule has 3 heterocycles. The Morgan fingerprint density at radius 3 is 2.68 bits per heavy atom. The molecule has 31 heavy (non-hydrogen) atoms. The van der Waals surface area contributed by atoms with Crippen molar-refractivity contribution in [2.75, 3.05) is 13.1 Å². The second kappa shape index (κ2) is 7.91. The maximum atomic E-state index is 12.4. The van der Waals surface area contributed by atoms with Crippen LogP contribution in [0, 0.1) is 11.3 Å². The number of hydrogen-bond acceptors (Lipinski definition) is 5. The fraction of sp³-hybridized carbons (Fsp3) is 0.391. The molecule has 0 bridgehead atoms. The zero-order chi connectivity index (χ0) is 22.2. The maximum absolute atomic E-state index is 12.4. The molecule has 0 unspecified atom stereocenters. The first kappa shape index (κ1) is 20.7. The predicted molar refractivity (Wildman–Crippen MR) is 116 cm³/mol. The fourth-order valence-corrected chi connectivity index (χ4v) is 3.96. The Bertz CT molecular complexity index is 1220. The van der Waals surface area contributed by atoms with Gasteiger partial charge in [-0.05, 0) is 51.3 Å². The summed E-state index contributed by atoms with van der Waals surface area (Å²) in [6.45, 7) is 6.68. The van der Waals surface area contributed by atoms with Gasteiger partial charge in [0.05, 0.1) is 23.5 Å². The summed E-state index contributed by atoms with van der Waals surface area (Å²) < 4.78 is 7.24. The van der Waals surface area contributed by atoms with Crippen LogP contribution in [0.15, 0.2) is 41.3 Å². The maximum Gasteiger partial charge on any atom is 0.410 e. The van der Waals surface area contributed by atoms with E-state index >= 15 is 0 Å². The van der Waals surface area contributed by atoms with E-state index in [1.54, 1.807) is 33.8 Å². The lowest BCUT2D eigenvalue weighted by Crippen LogP contribution is -2.41. The number of nitrogens with zero attached hydrogens (tertiary/aromatic N) is 4. The molecule has 1 aliphatic rings. The molecule has 0 atom stereocenters. The Labute approximate surface area is 180 Å². The van der Waals surface area contributed by atoms with E-state index in [1.807, 2.05) is 32.9 Å². The molecule has 3 aromatic rings. The highest BCUT2D eigenvalue weighted by atomic mass is 16.6. The minimum atomic E-state index is -0.527. The first-order valence-electron chi connectivity index (χ1n) is 10.3. The first-order chi connectivity index (χ1) is 14.7. The van der Waals surface area contributed by atoms with Crippen LogP contribution in [0.5, 0.6) is 0 Å². The third-order valence-corrected chi connectivity index (χ3v) is 5.40. The van der Waals surface area contributed by atoms with Crippen LogP contribution in [0.3, 0.4) is 0 Å². The normalized spacial score (nSPS) is 15.1. The Kier molecular flexibility index (Phi) is 5.27. The molecule has 8 nitrogen and oxygen atoms in total. The predicted octanol–water partition coefficient (Wildman–Crippen LogP) is 3.68. The quantitative estimate of drug-likeness (QED) is 0.682. The van der Waals surface area contributed by atoms with E-state index in [0.29, 0.717) is 24.3 Å². The van der Waals surface area contributed by atoms with Crippen LogP contribution in [0.1, 0.15) is 50.8 Å². The van der Waals surface area contributed by atoms with Crippen molar-refractivity contribution in [2.24, 2.45) is 0 Å².